The number of hydrogen-bond acceptors (Lipinski definition) is 6. The van der Waals surface area contributed by atoms with Crippen LogP contribution in [-0.4, -0.2) is 22.2 Å². The highest BCUT2D eigenvalue weighted by molar-refractivity contribution is 7.23. The third-order valence-corrected chi connectivity index (χ3v) is 5.43. The van der Waals surface area contributed by atoms with Gasteiger partial charge in [-0.3, -0.25) is 0 Å². The van der Waals surface area contributed by atoms with Gasteiger partial charge in [0.05, 0.1) is 15.6 Å². The van der Waals surface area contributed by atoms with Gasteiger partial charge >= 0.3 is 0 Å². The molecule has 0 spiro atoms. The predicted molar refractivity (Wildman–Crippen MR) is 81.2 cm³/mol. The van der Waals surface area contributed by atoms with Crippen molar-refractivity contribution in [1.29, 1.82) is 0 Å². The molecule has 102 valence electrons. The van der Waals surface area contributed by atoms with Crippen LogP contribution in [0.4, 0.5) is 5.13 Å². The van der Waals surface area contributed by atoms with E-state index in [4.69, 9.17) is 4.98 Å². The molecule has 0 saturated heterocycles. The number of nitrogens with zero attached hydrogens (tertiary/aromatic N) is 3. The van der Waals surface area contributed by atoms with Gasteiger partial charge in [-0.1, -0.05) is 32.1 Å². The molecular formula is C13H18N4S2. The fourth-order valence-corrected chi connectivity index (χ4v) is 4.12. The molecule has 4 nitrogen and oxygen atoms in total. The summed E-state index contributed by atoms with van der Waals surface area (Å²) in [6.07, 6.45) is 2.57. The normalized spacial score (nSPS) is 15.8. The predicted octanol–water partition coefficient (Wildman–Crippen LogP) is 3.88. The van der Waals surface area contributed by atoms with Crippen molar-refractivity contribution in [3.8, 4) is 9.88 Å². The summed E-state index contributed by atoms with van der Waals surface area (Å²) in [5, 5.41) is 14.6. The maximum atomic E-state index is 4.89. The van der Waals surface area contributed by atoms with E-state index in [2.05, 4.69) is 36.3 Å². The summed E-state index contributed by atoms with van der Waals surface area (Å²) in [7, 11) is 1.87. The Morgan fingerprint density at radius 2 is 1.89 bits per heavy atom. The summed E-state index contributed by atoms with van der Waals surface area (Å²) >= 11 is 3.40. The molecule has 19 heavy (non-hydrogen) atoms. The van der Waals surface area contributed by atoms with Crippen LogP contribution in [0.25, 0.3) is 9.88 Å². The minimum Gasteiger partial charge on any atom is -0.363 e. The Bertz CT molecular complexity index is 590. The van der Waals surface area contributed by atoms with Crippen molar-refractivity contribution in [3.63, 3.8) is 0 Å². The first-order chi connectivity index (χ1) is 8.99. The molecule has 0 unspecified atom stereocenters. The van der Waals surface area contributed by atoms with E-state index in [1.54, 1.807) is 22.7 Å². The summed E-state index contributed by atoms with van der Waals surface area (Å²) in [5.74, 6) is 0.691. The largest absolute Gasteiger partial charge is 0.363 e. The maximum absolute atomic E-state index is 4.89. The first-order valence-electron chi connectivity index (χ1n) is 6.52. The van der Waals surface area contributed by atoms with Crippen molar-refractivity contribution < 1.29 is 0 Å². The van der Waals surface area contributed by atoms with Crippen molar-refractivity contribution in [3.05, 3.63) is 10.7 Å². The number of thiazole rings is 1. The molecule has 2 aromatic rings. The van der Waals surface area contributed by atoms with Gasteiger partial charge in [-0.25, -0.2) is 4.98 Å². The molecule has 0 aliphatic heterocycles. The zero-order valence-corrected chi connectivity index (χ0v) is 13.3. The monoisotopic (exact) mass is 294 g/mol. The Morgan fingerprint density at radius 3 is 2.42 bits per heavy atom. The topological polar surface area (TPSA) is 50.7 Å². The van der Waals surface area contributed by atoms with E-state index in [1.807, 2.05) is 7.05 Å². The van der Waals surface area contributed by atoms with E-state index in [9.17, 15) is 0 Å². The molecule has 0 bridgehead atoms. The van der Waals surface area contributed by atoms with E-state index >= 15 is 0 Å². The fraction of sp³-hybridized carbons (Fsp3) is 0.615. The number of anilines is 1. The molecule has 1 fully saturated rings. The second kappa shape index (κ2) is 4.52. The van der Waals surface area contributed by atoms with Crippen LogP contribution < -0.4 is 5.32 Å². The Hall–Kier alpha value is -1.01. The van der Waals surface area contributed by atoms with Crippen molar-refractivity contribution in [2.75, 3.05) is 12.4 Å². The molecule has 1 aliphatic rings. The van der Waals surface area contributed by atoms with E-state index in [0.717, 1.165) is 10.1 Å². The number of nitrogens with one attached hydrogen (secondary N) is 1. The van der Waals surface area contributed by atoms with Gasteiger partial charge in [0.2, 0.25) is 5.13 Å². The van der Waals surface area contributed by atoms with Crippen molar-refractivity contribution in [1.82, 2.24) is 15.2 Å². The average Bonchev–Trinajstić information content (AvgIpc) is 2.93. The van der Waals surface area contributed by atoms with E-state index in [-0.39, 0.29) is 5.41 Å². The highest BCUT2D eigenvalue weighted by Gasteiger charge is 2.32. The number of hydrogen-bond donors (Lipinski definition) is 1. The van der Waals surface area contributed by atoms with Gasteiger partial charge in [0.15, 0.2) is 5.01 Å². The summed E-state index contributed by atoms with van der Waals surface area (Å²) in [5.41, 5.74) is 1.21. The summed E-state index contributed by atoms with van der Waals surface area (Å²) in [6.45, 7) is 6.63. The summed E-state index contributed by atoms with van der Waals surface area (Å²) in [6, 6.07) is 0. The van der Waals surface area contributed by atoms with Crippen LogP contribution in [0.1, 0.15) is 50.2 Å². The molecule has 3 rings (SSSR count). The highest BCUT2D eigenvalue weighted by Crippen LogP contribution is 2.47. The van der Waals surface area contributed by atoms with Crippen LogP contribution in [0.5, 0.6) is 0 Å². The van der Waals surface area contributed by atoms with Gasteiger partial charge in [-0.2, -0.15) is 0 Å². The van der Waals surface area contributed by atoms with Gasteiger partial charge in [0, 0.05) is 18.4 Å². The zero-order valence-electron chi connectivity index (χ0n) is 11.6. The van der Waals surface area contributed by atoms with Crippen molar-refractivity contribution in [2.45, 2.75) is 44.9 Å². The van der Waals surface area contributed by atoms with Crippen LogP contribution in [0.15, 0.2) is 0 Å². The molecule has 6 heteroatoms. The van der Waals surface area contributed by atoms with Crippen molar-refractivity contribution >= 4 is 27.8 Å². The second-order valence-electron chi connectivity index (χ2n) is 5.92. The molecule has 1 N–H and O–H groups in total. The second-order valence-corrected chi connectivity index (χ2v) is 7.92. The van der Waals surface area contributed by atoms with Crippen LogP contribution >= 0.6 is 22.7 Å². The molecule has 0 atom stereocenters. The van der Waals surface area contributed by atoms with E-state index < -0.39 is 0 Å². The first kappa shape index (κ1) is 13.0. The lowest BCUT2D eigenvalue weighted by Crippen LogP contribution is -2.13. The van der Waals surface area contributed by atoms with Crippen LogP contribution in [0, 0.1) is 0 Å². The minimum absolute atomic E-state index is 0.0461. The lowest BCUT2D eigenvalue weighted by atomic mass is 9.91. The zero-order chi connectivity index (χ0) is 13.6. The Morgan fingerprint density at radius 1 is 1.16 bits per heavy atom. The summed E-state index contributed by atoms with van der Waals surface area (Å²) < 4.78 is 0. The van der Waals surface area contributed by atoms with E-state index in [0.29, 0.717) is 5.92 Å². The van der Waals surface area contributed by atoms with Crippen LogP contribution in [0.2, 0.25) is 0 Å². The maximum Gasteiger partial charge on any atom is 0.205 e. The Kier molecular flexibility index (Phi) is 3.09. The van der Waals surface area contributed by atoms with Gasteiger partial charge in [0.1, 0.15) is 0 Å². The standard InChI is InChI=1S/C13H18N4S2/c1-13(2,3)9-8(11-16-17-12(14-4)19-11)18-10(15-9)7-5-6-7/h7H,5-6H2,1-4H3,(H,14,17). The SMILES string of the molecule is CNc1nnc(-c2sc(C3CC3)nc2C(C)(C)C)s1. The molecule has 0 radical (unpaired) electrons. The molecule has 2 aromatic heterocycles. The average molecular weight is 294 g/mol. The lowest BCUT2D eigenvalue weighted by molar-refractivity contribution is 0.572. The third-order valence-electron chi connectivity index (χ3n) is 3.11. The fourth-order valence-electron chi connectivity index (χ4n) is 1.91. The number of rotatable bonds is 3. The smallest absolute Gasteiger partial charge is 0.205 e. The number of aromatic nitrogens is 3. The quantitative estimate of drug-likeness (QED) is 0.933. The van der Waals surface area contributed by atoms with Crippen LogP contribution in [-0.2, 0) is 5.41 Å². The minimum atomic E-state index is 0.0461. The molecule has 0 aromatic carbocycles. The van der Waals surface area contributed by atoms with E-state index in [1.165, 1.54) is 28.4 Å². The van der Waals surface area contributed by atoms with Gasteiger partial charge in [-0.15, -0.1) is 21.5 Å². The molecule has 1 aliphatic carbocycles. The highest BCUT2D eigenvalue weighted by atomic mass is 32.1. The first-order valence-corrected chi connectivity index (χ1v) is 8.15. The lowest BCUT2D eigenvalue weighted by Gasteiger charge is -2.16. The molecule has 2 heterocycles. The third kappa shape index (κ3) is 2.51. The van der Waals surface area contributed by atoms with Gasteiger partial charge in [0.25, 0.3) is 0 Å². The summed E-state index contributed by atoms with van der Waals surface area (Å²) in [4.78, 5) is 6.09. The van der Waals surface area contributed by atoms with Crippen molar-refractivity contribution in [2.24, 2.45) is 0 Å². The molecule has 0 amide bonds. The van der Waals surface area contributed by atoms with Crippen LogP contribution in [0.3, 0.4) is 0 Å². The molecular weight excluding hydrogens is 276 g/mol. The molecule has 1 saturated carbocycles. The van der Waals surface area contributed by atoms with Gasteiger partial charge < -0.3 is 5.32 Å². The Balaban J connectivity index is 2.07. The Labute approximate surface area is 121 Å². The van der Waals surface area contributed by atoms with Gasteiger partial charge in [-0.05, 0) is 12.8 Å².